The molecule has 2 heterocycles. The van der Waals surface area contributed by atoms with Crippen molar-refractivity contribution in [1.29, 1.82) is 0 Å². The summed E-state index contributed by atoms with van der Waals surface area (Å²) in [5.74, 6) is 0.988. The van der Waals surface area contributed by atoms with Crippen molar-refractivity contribution in [2.75, 3.05) is 20.2 Å². The molecule has 1 saturated carbocycles. The van der Waals surface area contributed by atoms with E-state index in [-0.39, 0.29) is 5.91 Å². The molecule has 24 heavy (non-hydrogen) atoms. The lowest BCUT2D eigenvalue weighted by Gasteiger charge is -2.36. The Kier molecular flexibility index (Phi) is 3.88. The molecule has 5 heteroatoms. The van der Waals surface area contributed by atoms with Gasteiger partial charge in [0, 0.05) is 37.6 Å². The van der Waals surface area contributed by atoms with Gasteiger partial charge in [-0.3, -0.25) is 9.89 Å². The number of carbonyl (C=O) groups excluding carboxylic acids is 1. The molecule has 1 N–H and O–H groups in total. The van der Waals surface area contributed by atoms with Gasteiger partial charge in [0.2, 0.25) is 0 Å². The Morgan fingerprint density at radius 2 is 1.88 bits per heavy atom. The van der Waals surface area contributed by atoms with E-state index in [2.05, 4.69) is 29.3 Å². The summed E-state index contributed by atoms with van der Waals surface area (Å²) >= 11 is 0. The van der Waals surface area contributed by atoms with Crippen LogP contribution in [0.25, 0.3) is 11.3 Å². The number of hydrogen-bond donors (Lipinski definition) is 1. The second kappa shape index (κ2) is 6.06. The van der Waals surface area contributed by atoms with Gasteiger partial charge in [-0.25, -0.2) is 0 Å². The predicted octanol–water partition coefficient (Wildman–Crippen LogP) is 2.88. The van der Waals surface area contributed by atoms with Crippen LogP contribution in [0, 0.1) is 18.8 Å². The number of hydrogen-bond acceptors (Lipinski definition) is 3. The van der Waals surface area contributed by atoms with Gasteiger partial charge in [0.05, 0.1) is 11.8 Å². The first kappa shape index (κ1) is 15.4. The van der Waals surface area contributed by atoms with Gasteiger partial charge >= 0.3 is 0 Å². The van der Waals surface area contributed by atoms with E-state index in [9.17, 15) is 4.79 Å². The smallest absolute Gasteiger partial charge is 0.271 e. The molecule has 2 fully saturated rings. The summed E-state index contributed by atoms with van der Waals surface area (Å²) in [6, 6.07) is 10.0. The minimum Gasteiger partial charge on any atom is -0.381 e. The van der Waals surface area contributed by atoms with Crippen LogP contribution in [0.5, 0.6) is 0 Å². The molecule has 2 atom stereocenters. The van der Waals surface area contributed by atoms with Gasteiger partial charge in [0.25, 0.3) is 5.91 Å². The SMILES string of the molecule is COC1C2CCC1CN(C(=O)c1cc(-c3ccc(C)cc3)n[nH]1)C2. The molecular weight excluding hydrogens is 302 g/mol. The van der Waals surface area contributed by atoms with E-state index < -0.39 is 0 Å². The van der Waals surface area contributed by atoms with E-state index in [1.54, 1.807) is 7.11 Å². The third-order valence-electron chi connectivity index (χ3n) is 5.46. The molecular formula is C19H23N3O2. The lowest BCUT2D eigenvalue weighted by atomic mass is 9.94. The van der Waals surface area contributed by atoms with Crippen LogP contribution in [-0.2, 0) is 4.74 Å². The minimum atomic E-state index is 0.0484. The number of aromatic amines is 1. The van der Waals surface area contributed by atoms with Gasteiger partial charge < -0.3 is 9.64 Å². The molecule has 5 nitrogen and oxygen atoms in total. The molecule has 1 aromatic carbocycles. The van der Waals surface area contributed by atoms with Crippen molar-refractivity contribution in [3.63, 3.8) is 0 Å². The van der Waals surface area contributed by atoms with Gasteiger partial charge in [-0.2, -0.15) is 5.10 Å². The zero-order valence-corrected chi connectivity index (χ0v) is 14.2. The monoisotopic (exact) mass is 325 g/mol. The summed E-state index contributed by atoms with van der Waals surface area (Å²) in [6.07, 6.45) is 2.63. The predicted molar refractivity (Wildman–Crippen MR) is 91.7 cm³/mol. The van der Waals surface area contributed by atoms with Crippen molar-refractivity contribution in [2.45, 2.75) is 25.9 Å². The number of ether oxygens (including phenoxy) is 1. The average Bonchev–Trinajstić information content (AvgIpc) is 3.17. The topological polar surface area (TPSA) is 58.2 Å². The zero-order chi connectivity index (χ0) is 16.7. The number of benzene rings is 1. The third kappa shape index (κ3) is 2.63. The molecule has 1 amide bonds. The van der Waals surface area contributed by atoms with Crippen LogP contribution in [0.3, 0.4) is 0 Å². The molecule has 1 saturated heterocycles. The number of methoxy groups -OCH3 is 1. The van der Waals surface area contributed by atoms with Crippen LogP contribution in [0.1, 0.15) is 28.9 Å². The van der Waals surface area contributed by atoms with E-state index in [1.165, 1.54) is 5.56 Å². The molecule has 0 spiro atoms. The molecule has 1 aromatic heterocycles. The molecule has 1 aliphatic heterocycles. The Hall–Kier alpha value is -2.14. The van der Waals surface area contributed by atoms with Crippen LogP contribution < -0.4 is 0 Å². The Morgan fingerprint density at radius 3 is 2.50 bits per heavy atom. The van der Waals surface area contributed by atoms with Crippen molar-refractivity contribution in [2.24, 2.45) is 11.8 Å². The second-order valence-corrected chi connectivity index (χ2v) is 7.04. The van der Waals surface area contributed by atoms with Crippen LogP contribution in [0.15, 0.2) is 30.3 Å². The second-order valence-electron chi connectivity index (χ2n) is 7.04. The summed E-state index contributed by atoms with van der Waals surface area (Å²) in [5, 5.41) is 7.24. The normalized spacial score (nSPS) is 25.9. The van der Waals surface area contributed by atoms with Gasteiger partial charge in [0.15, 0.2) is 0 Å². The molecule has 2 bridgehead atoms. The Bertz CT molecular complexity index is 723. The highest BCUT2D eigenvalue weighted by molar-refractivity contribution is 5.93. The highest BCUT2D eigenvalue weighted by Gasteiger charge is 2.43. The van der Waals surface area contributed by atoms with Crippen LogP contribution in [0.4, 0.5) is 0 Å². The van der Waals surface area contributed by atoms with E-state index in [4.69, 9.17) is 4.74 Å². The first-order chi connectivity index (χ1) is 11.7. The number of nitrogens with zero attached hydrogens (tertiary/aromatic N) is 2. The number of rotatable bonds is 3. The standard InChI is InChI=1S/C19H23N3O2/c1-12-3-5-13(6-4-12)16-9-17(21-20-16)19(23)22-10-14-7-8-15(11-22)18(14)24-2/h3-6,9,14-15,18H,7-8,10-11H2,1-2H3,(H,20,21). The molecule has 2 unspecified atom stereocenters. The number of aromatic nitrogens is 2. The number of likely N-dealkylation sites (tertiary alicyclic amines) is 1. The largest absolute Gasteiger partial charge is 0.381 e. The van der Waals surface area contributed by atoms with Crippen LogP contribution >= 0.6 is 0 Å². The quantitative estimate of drug-likeness (QED) is 0.944. The number of amides is 1. The van der Waals surface area contributed by atoms with E-state index >= 15 is 0 Å². The molecule has 2 aromatic rings. The van der Waals surface area contributed by atoms with E-state index in [0.29, 0.717) is 23.6 Å². The number of nitrogens with one attached hydrogen (secondary N) is 1. The Balaban J connectivity index is 1.51. The first-order valence-electron chi connectivity index (χ1n) is 8.60. The van der Waals surface area contributed by atoms with E-state index in [0.717, 1.165) is 37.2 Å². The molecule has 0 radical (unpaired) electrons. The van der Waals surface area contributed by atoms with Gasteiger partial charge in [-0.1, -0.05) is 29.8 Å². The van der Waals surface area contributed by atoms with Crippen LogP contribution in [-0.4, -0.2) is 47.3 Å². The highest BCUT2D eigenvalue weighted by atomic mass is 16.5. The number of piperidine rings is 1. The van der Waals surface area contributed by atoms with Crippen molar-refractivity contribution < 1.29 is 9.53 Å². The molecule has 1 aliphatic carbocycles. The minimum absolute atomic E-state index is 0.0484. The fraction of sp³-hybridized carbons (Fsp3) is 0.474. The van der Waals surface area contributed by atoms with Crippen molar-refractivity contribution in [1.82, 2.24) is 15.1 Å². The Labute approximate surface area is 142 Å². The highest BCUT2D eigenvalue weighted by Crippen LogP contribution is 2.39. The number of H-pyrrole nitrogens is 1. The zero-order valence-electron chi connectivity index (χ0n) is 14.2. The fourth-order valence-corrected chi connectivity index (χ4v) is 4.20. The first-order valence-corrected chi connectivity index (χ1v) is 8.60. The molecule has 4 rings (SSSR count). The molecule has 126 valence electrons. The summed E-state index contributed by atoms with van der Waals surface area (Å²) in [7, 11) is 1.79. The summed E-state index contributed by atoms with van der Waals surface area (Å²) in [4.78, 5) is 14.8. The average molecular weight is 325 g/mol. The summed E-state index contributed by atoms with van der Waals surface area (Å²) in [5.41, 5.74) is 3.62. The number of carbonyl (C=O) groups is 1. The summed E-state index contributed by atoms with van der Waals surface area (Å²) < 4.78 is 5.63. The lowest BCUT2D eigenvalue weighted by molar-refractivity contribution is -0.0115. The number of fused-ring (bicyclic) bond motifs is 2. The fourth-order valence-electron chi connectivity index (χ4n) is 4.20. The maximum Gasteiger partial charge on any atom is 0.271 e. The lowest BCUT2D eigenvalue weighted by Crippen LogP contribution is -2.48. The van der Waals surface area contributed by atoms with Crippen molar-refractivity contribution in [3.8, 4) is 11.3 Å². The summed E-state index contributed by atoms with van der Waals surface area (Å²) in [6.45, 7) is 3.63. The van der Waals surface area contributed by atoms with Crippen molar-refractivity contribution >= 4 is 5.91 Å². The number of aryl methyl sites for hydroxylation is 1. The Morgan fingerprint density at radius 1 is 1.21 bits per heavy atom. The van der Waals surface area contributed by atoms with Gasteiger partial charge in [-0.05, 0) is 25.8 Å². The van der Waals surface area contributed by atoms with E-state index in [1.807, 2.05) is 23.1 Å². The van der Waals surface area contributed by atoms with Crippen molar-refractivity contribution in [3.05, 3.63) is 41.6 Å². The maximum absolute atomic E-state index is 12.8. The van der Waals surface area contributed by atoms with Gasteiger partial charge in [0.1, 0.15) is 5.69 Å². The molecule has 2 aliphatic rings. The van der Waals surface area contributed by atoms with Gasteiger partial charge in [-0.15, -0.1) is 0 Å². The maximum atomic E-state index is 12.8. The third-order valence-corrected chi connectivity index (χ3v) is 5.46. The van der Waals surface area contributed by atoms with Crippen LogP contribution in [0.2, 0.25) is 0 Å².